The van der Waals surface area contributed by atoms with Crippen LogP contribution in [0.2, 0.25) is 0 Å². The third-order valence-corrected chi connectivity index (χ3v) is 3.36. The van der Waals surface area contributed by atoms with Gasteiger partial charge in [0.1, 0.15) is 12.1 Å². The topological polar surface area (TPSA) is 55.1 Å². The first-order valence-corrected chi connectivity index (χ1v) is 9.62. The molecule has 0 fully saturated rings. The summed E-state index contributed by atoms with van der Waals surface area (Å²) in [5.41, 5.74) is 8.86. The molecule has 0 heterocycles. The van der Waals surface area contributed by atoms with Crippen molar-refractivity contribution < 1.29 is 9.18 Å². The second kappa shape index (κ2) is 19.0. The minimum absolute atomic E-state index is 0.375. The van der Waals surface area contributed by atoms with E-state index >= 15 is 0 Å². The average molecular weight is 387 g/mol. The highest BCUT2D eigenvalue weighted by Crippen LogP contribution is 2.15. The molecule has 0 unspecified atom stereocenters. The molecule has 0 amide bonds. The van der Waals surface area contributed by atoms with Crippen molar-refractivity contribution in [1.29, 1.82) is 0 Å². The van der Waals surface area contributed by atoms with Gasteiger partial charge in [-0.05, 0) is 69.0 Å². The summed E-state index contributed by atoms with van der Waals surface area (Å²) in [6.45, 7) is 11.1. The molecule has 0 aliphatic rings. The van der Waals surface area contributed by atoms with Gasteiger partial charge in [-0.25, -0.2) is 4.39 Å². The van der Waals surface area contributed by atoms with Crippen LogP contribution in [0.1, 0.15) is 59.8 Å². The molecule has 28 heavy (non-hydrogen) atoms. The normalized spacial score (nSPS) is 10.4. The van der Waals surface area contributed by atoms with Crippen molar-refractivity contribution in [1.82, 2.24) is 0 Å². The summed E-state index contributed by atoms with van der Waals surface area (Å²) in [5, 5.41) is 3.27. The third kappa shape index (κ3) is 16.7. The Balaban J connectivity index is 0. The predicted octanol–water partition coefficient (Wildman–Crippen LogP) is 6.81. The van der Waals surface area contributed by atoms with Crippen molar-refractivity contribution in [2.24, 2.45) is 0 Å². The number of hydrogen-bond acceptors (Lipinski definition) is 3. The van der Waals surface area contributed by atoms with Gasteiger partial charge < -0.3 is 11.1 Å². The number of terminal acetylenes is 1. The number of hydrogen-bond donors (Lipinski definition) is 2. The summed E-state index contributed by atoms with van der Waals surface area (Å²) < 4.78 is 12.2. The van der Waals surface area contributed by atoms with Crippen LogP contribution in [0, 0.1) is 12.3 Å². The van der Waals surface area contributed by atoms with Crippen LogP contribution in [0.25, 0.3) is 0 Å². The number of halogens is 1. The number of carbonyl (C=O) groups excluding carboxylic acids is 1. The minimum atomic E-state index is -0.375. The van der Waals surface area contributed by atoms with Gasteiger partial charge in [0.05, 0.1) is 0 Å². The Bertz CT molecular complexity index is 652. The minimum Gasteiger partial charge on any atom is -0.399 e. The van der Waals surface area contributed by atoms with Crippen molar-refractivity contribution in [2.75, 3.05) is 11.1 Å². The highest BCUT2D eigenvalue weighted by Gasteiger charge is 1.96. The molecule has 3 nitrogen and oxygen atoms in total. The number of anilines is 2. The predicted molar refractivity (Wildman–Crippen MR) is 122 cm³/mol. The zero-order chi connectivity index (χ0) is 21.8. The van der Waals surface area contributed by atoms with E-state index in [1.165, 1.54) is 12.2 Å². The SMILES string of the molecule is C#CCCCCCC(=C)Nc1ccc(N)cc1.C/C=C(F)\C=C(\C)C=O.CC. The molecule has 154 valence electrons. The summed E-state index contributed by atoms with van der Waals surface area (Å²) in [6, 6.07) is 7.67. The summed E-state index contributed by atoms with van der Waals surface area (Å²) >= 11 is 0. The Hall–Kier alpha value is -2.80. The van der Waals surface area contributed by atoms with Crippen molar-refractivity contribution >= 4 is 17.7 Å². The Labute approximate surface area is 170 Å². The molecule has 0 spiro atoms. The van der Waals surface area contributed by atoms with Crippen LogP contribution < -0.4 is 11.1 Å². The number of carbonyl (C=O) groups is 1. The van der Waals surface area contributed by atoms with E-state index in [4.69, 9.17) is 12.2 Å². The van der Waals surface area contributed by atoms with Crippen LogP contribution in [0.15, 0.2) is 60.1 Å². The van der Waals surface area contributed by atoms with Gasteiger partial charge >= 0.3 is 0 Å². The smallest absolute Gasteiger partial charge is 0.145 e. The van der Waals surface area contributed by atoms with Crippen LogP contribution >= 0.6 is 0 Å². The highest BCUT2D eigenvalue weighted by molar-refractivity contribution is 5.72. The number of allylic oxidation sites excluding steroid dienone is 5. The van der Waals surface area contributed by atoms with Crippen molar-refractivity contribution in [2.45, 2.75) is 59.8 Å². The molecule has 1 rings (SSSR count). The molecule has 0 radical (unpaired) electrons. The lowest BCUT2D eigenvalue weighted by molar-refractivity contribution is -0.104. The van der Waals surface area contributed by atoms with Crippen LogP contribution in [-0.2, 0) is 4.79 Å². The molecular weight excluding hydrogens is 351 g/mol. The third-order valence-electron chi connectivity index (χ3n) is 3.36. The number of unbranched alkanes of at least 4 members (excludes halogenated alkanes) is 3. The van der Waals surface area contributed by atoms with Crippen LogP contribution in [0.3, 0.4) is 0 Å². The molecule has 0 aliphatic heterocycles. The highest BCUT2D eigenvalue weighted by atomic mass is 19.1. The Morgan fingerprint density at radius 2 is 1.86 bits per heavy atom. The monoisotopic (exact) mass is 386 g/mol. The number of nitrogens with two attached hydrogens (primary N) is 1. The number of rotatable bonds is 9. The van der Waals surface area contributed by atoms with E-state index in [1.807, 2.05) is 38.1 Å². The summed E-state index contributed by atoms with van der Waals surface area (Å²) in [7, 11) is 0. The van der Waals surface area contributed by atoms with Gasteiger partial charge in [-0.3, -0.25) is 4.79 Å². The Kier molecular flexibility index (Phi) is 18.6. The lowest BCUT2D eigenvalue weighted by Crippen LogP contribution is -1.98. The summed E-state index contributed by atoms with van der Waals surface area (Å²) in [6.07, 6.45) is 13.5. The second-order valence-corrected chi connectivity index (χ2v) is 5.80. The van der Waals surface area contributed by atoms with Crippen molar-refractivity contribution in [3.8, 4) is 12.3 Å². The lowest BCUT2D eigenvalue weighted by atomic mass is 10.1. The van der Waals surface area contributed by atoms with Crippen LogP contribution in [0.5, 0.6) is 0 Å². The van der Waals surface area contributed by atoms with E-state index in [2.05, 4.69) is 17.8 Å². The molecule has 1 aromatic carbocycles. The molecule has 0 saturated heterocycles. The number of aldehydes is 1. The van der Waals surface area contributed by atoms with Gasteiger partial charge in [-0.2, -0.15) is 0 Å². The first-order valence-electron chi connectivity index (χ1n) is 9.62. The average Bonchev–Trinajstić information content (AvgIpc) is 2.71. The van der Waals surface area contributed by atoms with E-state index in [-0.39, 0.29) is 5.83 Å². The number of nitrogens with one attached hydrogen (secondary N) is 1. The molecule has 0 saturated carbocycles. The van der Waals surface area contributed by atoms with Gasteiger partial charge in [0.25, 0.3) is 0 Å². The Morgan fingerprint density at radius 3 is 2.36 bits per heavy atom. The second-order valence-electron chi connectivity index (χ2n) is 5.80. The fourth-order valence-corrected chi connectivity index (χ4v) is 1.91. The molecule has 1 aromatic rings. The maximum absolute atomic E-state index is 12.2. The molecule has 0 atom stereocenters. The fraction of sp³-hybridized carbons (Fsp3) is 0.375. The van der Waals surface area contributed by atoms with Crippen molar-refractivity contribution in [3.05, 3.63) is 60.1 Å². The molecule has 0 aromatic heterocycles. The zero-order valence-electron chi connectivity index (χ0n) is 17.7. The molecular formula is C24H35FN2O. The molecule has 0 aliphatic carbocycles. The van der Waals surface area contributed by atoms with E-state index in [1.54, 1.807) is 13.8 Å². The first kappa shape index (κ1) is 27.4. The maximum Gasteiger partial charge on any atom is 0.145 e. The van der Waals surface area contributed by atoms with Crippen LogP contribution in [-0.4, -0.2) is 6.29 Å². The largest absolute Gasteiger partial charge is 0.399 e. The zero-order valence-corrected chi connectivity index (χ0v) is 17.7. The van der Waals surface area contributed by atoms with E-state index in [0.29, 0.717) is 11.9 Å². The van der Waals surface area contributed by atoms with Gasteiger partial charge in [0.2, 0.25) is 0 Å². The van der Waals surface area contributed by atoms with E-state index in [0.717, 1.165) is 49.2 Å². The first-order chi connectivity index (χ1) is 13.4. The quantitative estimate of drug-likeness (QED) is 0.122. The fourth-order valence-electron chi connectivity index (χ4n) is 1.91. The summed E-state index contributed by atoms with van der Waals surface area (Å²) in [4.78, 5) is 9.89. The standard InChI is InChI=1S/C15H20N2.C7H9FO.C2H6/c1-3-4-5-6-7-8-13(2)17-15-11-9-14(16)10-12-15;1-3-7(8)4-6(2)5-9;1-2/h1,9-12,17H,2,4-8,16H2;3-5H,1-2H3;1-2H3/b;6-4-,7-3+;. The molecule has 0 bridgehead atoms. The van der Waals surface area contributed by atoms with Gasteiger partial charge in [0.15, 0.2) is 0 Å². The lowest BCUT2D eigenvalue weighted by Gasteiger charge is -2.09. The van der Waals surface area contributed by atoms with Crippen molar-refractivity contribution in [3.63, 3.8) is 0 Å². The number of benzene rings is 1. The van der Waals surface area contributed by atoms with Gasteiger partial charge in [-0.15, -0.1) is 12.3 Å². The Morgan fingerprint density at radius 1 is 1.25 bits per heavy atom. The van der Waals surface area contributed by atoms with Crippen LogP contribution in [0.4, 0.5) is 15.8 Å². The maximum atomic E-state index is 12.2. The van der Waals surface area contributed by atoms with E-state index in [9.17, 15) is 9.18 Å². The van der Waals surface area contributed by atoms with E-state index < -0.39 is 0 Å². The number of nitrogen functional groups attached to an aromatic ring is 1. The van der Waals surface area contributed by atoms with Gasteiger partial charge in [0, 0.05) is 23.5 Å². The summed E-state index contributed by atoms with van der Waals surface area (Å²) in [5.74, 6) is 2.28. The molecule has 4 heteroatoms. The van der Waals surface area contributed by atoms with Gasteiger partial charge in [-0.1, -0.05) is 32.9 Å². The molecule has 3 N–H and O–H groups in total.